The number of nitrogens with zero attached hydrogens (tertiary/aromatic N) is 3. The largest absolute Gasteiger partial charge is 0.373 e. The van der Waals surface area contributed by atoms with Crippen molar-refractivity contribution < 1.29 is 4.74 Å². The second-order valence-electron chi connectivity index (χ2n) is 12.0. The zero-order chi connectivity index (χ0) is 20.6. The molecule has 0 unspecified atom stereocenters. The summed E-state index contributed by atoms with van der Waals surface area (Å²) >= 11 is 0. The lowest BCUT2D eigenvalue weighted by atomic mass is 9.75. The predicted octanol–water partition coefficient (Wildman–Crippen LogP) is 4.24. The fourth-order valence-electron chi connectivity index (χ4n) is 6.34. The van der Waals surface area contributed by atoms with Crippen LogP contribution in [0.1, 0.15) is 79.6 Å². The van der Waals surface area contributed by atoms with E-state index in [1.54, 1.807) is 0 Å². The lowest BCUT2D eigenvalue weighted by Crippen LogP contribution is -2.65. The van der Waals surface area contributed by atoms with Crippen molar-refractivity contribution in [3.63, 3.8) is 0 Å². The standard InChI is InChI=1S/C25H47N3O/c1-20(2)27-13-8-25(9-14-27)10-15-28(25)19-21-6-11-26(12-7-21)18-22-16-23(17-22)29-24(3,4)5/h20-23H,6-19H2,1-5H3. The molecule has 0 bridgehead atoms. The molecule has 0 aromatic carbocycles. The van der Waals surface area contributed by atoms with Crippen LogP contribution in [-0.4, -0.2) is 83.8 Å². The van der Waals surface area contributed by atoms with Crippen molar-refractivity contribution in [2.45, 2.75) is 103 Å². The molecular formula is C25H47N3O. The fraction of sp³-hybridized carbons (Fsp3) is 1.00. The molecular weight excluding hydrogens is 358 g/mol. The molecule has 3 saturated heterocycles. The number of hydrogen-bond donors (Lipinski definition) is 0. The molecule has 3 heterocycles. The van der Waals surface area contributed by atoms with Crippen LogP contribution in [0.25, 0.3) is 0 Å². The highest BCUT2D eigenvalue weighted by Gasteiger charge is 2.47. The quantitative estimate of drug-likeness (QED) is 0.658. The third-order valence-electron chi connectivity index (χ3n) is 8.39. The van der Waals surface area contributed by atoms with E-state index in [4.69, 9.17) is 4.74 Å². The van der Waals surface area contributed by atoms with Crippen molar-refractivity contribution in [3.05, 3.63) is 0 Å². The summed E-state index contributed by atoms with van der Waals surface area (Å²) in [7, 11) is 0. The molecule has 1 aliphatic carbocycles. The second-order valence-corrected chi connectivity index (χ2v) is 12.0. The van der Waals surface area contributed by atoms with Crippen LogP contribution in [0.2, 0.25) is 0 Å². The Kier molecular flexibility index (Phi) is 6.66. The molecule has 4 nitrogen and oxygen atoms in total. The van der Waals surface area contributed by atoms with Gasteiger partial charge in [0.1, 0.15) is 0 Å². The predicted molar refractivity (Wildman–Crippen MR) is 121 cm³/mol. The summed E-state index contributed by atoms with van der Waals surface area (Å²) in [6.45, 7) is 20.6. The van der Waals surface area contributed by atoms with Gasteiger partial charge < -0.3 is 14.5 Å². The van der Waals surface area contributed by atoms with Crippen LogP contribution in [0.4, 0.5) is 0 Å². The van der Waals surface area contributed by atoms with Crippen molar-refractivity contribution in [1.29, 1.82) is 0 Å². The number of piperidine rings is 2. The first-order valence-electron chi connectivity index (χ1n) is 12.6. The second kappa shape index (κ2) is 8.76. The minimum absolute atomic E-state index is 0.0214. The molecule has 0 aromatic heterocycles. The van der Waals surface area contributed by atoms with E-state index in [9.17, 15) is 0 Å². The van der Waals surface area contributed by atoms with E-state index in [2.05, 4.69) is 49.3 Å². The summed E-state index contributed by atoms with van der Waals surface area (Å²) in [5.74, 6) is 1.81. The Morgan fingerprint density at radius 3 is 2.00 bits per heavy atom. The SMILES string of the molecule is CC(C)N1CCC2(CC1)CCN2CC1CCN(CC2CC(OC(C)(C)C)C2)CC1. The average Bonchev–Trinajstić information content (AvgIpc) is 2.63. The molecule has 4 rings (SSSR count). The summed E-state index contributed by atoms with van der Waals surface area (Å²) in [5, 5.41) is 0. The Hall–Kier alpha value is -0.160. The summed E-state index contributed by atoms with van der Waals surface area (Å²) in [4.78, 5) is 8.32. The number of rotatable bonds is 6. The molecule has 168 valence electrons. The van der Waals surface area contributed by atoms with Gasteiger partial charge in [0.05, 0.1) is 11.7 Å². The highest BCUT2D eigenvalue weighted by molar-refractivity contribution is 5.03. The summed E-state index contributed by atoms with van der Waals surface area (Å²) in [6, 6.07) is 0.719. The number of hydrogen-bond acceptors (Lipinski definition) is 4. The van der Waals surface area contributed by atoms with Gasteiger partial charge in [-0.15, -0.1) is 0 Å². The fourth-order valence-corrected chi connectivity index (χ4v) is 6.34. The molecule has 0 aromatic rings. The molecule has 4 fully saturated rings. The summed E-state index contributed by atoms with van der Waals surface area (Å²) in [6.07, 6.45) is 10.2. The van der Waals surface area contributed by atoms with Crippen molar-refractivity contribution in [2.24, 2.45) is 11.8 Å². The topological polar surface area (TPSA) is 19.0 Å². The first-order valence-corrected chi connectivity index (χ1v) is 12.6. The Labute approximate surface area is 180 Å². The van der Waals surface area contributed by atoms with Gasteiger partial charge in [0.25, 0.3) is 0 Å². The Balaban J connectivity index is 1.13. The number of likely N-dealkylation sites (tertiary alicyclic amines) is 3. The third kappa shape index (κ3) is 5.37. The molecule has 3 aliphatic heterocycles. The minimum atomic E-state index is 0.0214. The van der Waals surface area contributed by atoms with Crippen molar-refractivity contribution in [3.8, 4) is 0 Å². The van der Waals surface area contributed by atoms with Crippen LogP contribution in [0, 0.1) is 11.8 Å². The van der Waals surface area contributed by atoms with Gasteiger partial charge >= 0.3 is 0 Å². The van der Waals surface area contributed by atoms with Gasteiger partial charge in [-0.3, -0.25) is 4.90 Å². The Bertz CT molecular complexity index is 521. The van der Waals surface area contributed by atoms with Crippen LogP contribution in [0.3, 0.4) is 0 Å². The molecule has 0 N–H and O–H groups in total. The van der Waals surface area contributed by atoms with E-state index in [1.807, 2.05) is 0 Å². The van der Waals surface area contributed by atoms with Gasteiger partial charge in [-0.2, -0.15) is 0 Å². The molecule has 1 saturated carbocycles. The molecule has 4 heteroatoms. The third-order valence-corrected chi connectivity index (χ3v) is 8.39. The molecule has 0 atom stereocenters. The minimum Gasteiger partial charge on any atom is -0.373 e. The van der Waals surface area contributed by atoms with E-state index in [0.29, 0.717) is 11.6 Å². The van der Waals surface area contributed by atoms with E-state index in [1.165, 1.54) is 90.8 Å². The first kappa shape index (κ1) is 22.0. The average molecular weight is 406 g/mol. The van der Waals surface area contributed by atoms with Crippen molar-refractivity contribution in [2.75, 3.05) is 45.8 Å². The molecule has 4 aliphatic rings. The lowest BCUT2D eigenvalue weighted by molar-refractivity contribution is -0.116. The van der Waals surface area contributed by atoms with Gasteiger partial charge in [0, 0.05) is 44.3 Å². The maximum Gasteiger partial charge on any atom is 0.0602 e. The Morgan fingerprint density at radius 1 is 0.862 bits per heavy atom. The lowest BCUT2D eigenvalue weighted by Gasteiger charge is -2.58. The smallest absolute Gasteiger partial charge is 0.0602 e. The van der Waals surface area contributed by atoms with Gasteiger partial charge in [-0.05, 0) is 104 Å². The van der Waals surface area contributed by atoms with E-state index < -0.39 is 0 Å². The highest BCUT2D eigenvalue weighted by atomic mass is 16.5. The molecule has 0 amide bonds. The number of ether oxygens (including phenoxy) is 1. The zero-order valence-electron chi connectivity index (χ0n) is 20.0. The zero-order valence-corrected chi connectivity index (χ0v) is 20.0. The van der Waals surface area contributed by atoms with E-state index in [0.717, 1.165) is 17.9 Å². The van der Waals surface area contributed by atoms with Gasteiger partial charge in [-0.1, -0.05) is 0 Å². The van der Waals surface area contributed by atoms with E-state index in [-0.39, 0.29) is 5.60 Å². The van der Waals surface area contributed by atoms with Crippen molar-refractivity contribution >= 4 is 0 Å². The molecule has 1 spiro atoms. The van der Waals surface area contributed by atoms with Crippen LogP contribution < -0.4 is 0 Å². The van der Waals surface area contributed by atoms with Crippen LogP contribution in [0.15, 0.2) is 0 Å². The summed E-state index contributed by atoms with van der Waals surface area (Å²) < 4.78 is 6.12. The monoisotopic (exact) mass is 405 g/mol. The van der Waals surface area contributed by atoms with Gasteiger partial charge in [0.15, 0.2) is 0 Å². The van der Waals surface area contributed by atoms with Crippen molar-refractivity contribution in [1.82, 2.24) is 14.7 Å². The molecule has 29 heavy (non-hydrogen) atoms. The van der Waals surface area contributed by atoms with E-state index >= 15 is 0 Å². The van der Waals surface area contributed by atoms with Gasteiger partial charge in [-0.25, -0.2) is 0 Å². The highest BCUT2D eigenvalue weighted by Crippen LogP contribution is 2.41. The van der Waals surface area contributed by atoms with Crippen LogP contribution in [0.5, 0.6) is 0 Å². The normalized spacial score (nSPS) is 32.5. The summed E-state index contributed by atoms with van der Waals surface area (Å²) in [5.41, 5.74) is 0.601. The van der Waals surface area contributed by atoms with Crippen LogP contribution >= 0.6 is 0 Å². The maximum atomic E-state index is 6.12. The maximum absolute atomic E-state index is 6.12. The van der Waals surface area contributed by atoms with Gasteiger partial charge in [0.2, 0.25) is 0 Å². The first-order chi connectivity index (χ1) is 13.7. The Morgan fingerprint density at radius 2 is 1.48 bits per heavy atom. The van der Waals surface area contributed by atoms with Crippen LogP contribution in [-0.2, 0) is 4.74 Å². The molecule has 0 radical (unpaired) electrons.